The van der Waals surface area contributed by atoms with Gasteiger partial charge in [0.15, 0.2) is 0 Å². The van der Waals surface area contributed by atoms with E-state index in [4.69, 9.17) is 0 Å². The number of ether oxygens (including phenoxy) is 1. The Morgan fingerprint density at radius 1 is 1.31 bits per heavy atom. The molecule has 0 saturated carbocycles. The Kier molecular flexibility index (Phi) is 3.87. The monoisotopic (exact) mass is 236 g/mol. The molecule has 0 bridgehead atoms. The number of carbonyl (C=O) groups is 1. The molecule has 0 unspecified atom stereocenters. The minimum absolute atomic E-state index is 0.121. The average molecular weight is 236 g/mol. The highest BCUT2D eigenvalue weighted by Gasteiger charge is 2.31. The number of carbonyl (C=O) groups excluding carboxylic acids is 1. The Balaban J connectivity index is 2.78. The van der Waals surface area contributed by atoms with Crippen molar-refractivity contribution < 1.29 is 27.1 Å². The van der Waals surface area contributed by atoms with Crippen LogP contribution in [0.1, 0.15) is 12.0 Å². The first-order valence-corrected chi connectivity index (χ1v) is 4.40. The van der Waals surface area contributed by atoms with Gasteiger partial charge in [-0.25, -0.2) is 4.39 Å². The predicted octanol–water partition coefficient (Wildman–Crippen LogP) is 2.86. The molecule has 0 spiro atoms. The van der Waals surface area contributed by atoms with Gasteiger partial charge in [0.25, 0.3) is 0 Å². The topological polar surface area (TPSA) is 26.3 Å². The third-order valence-corrected chi connectivity index (χ3v) is 1.79. The van der Waals surface area contributed by atoms with Gasteiger partial charge in [-0.15, -0.1) is 13.2 Å². The molecule has 0 aliphatic rings. The van der Waals surface area contributed by atoms with Crippen molar-refractivity contribution in [3.8, 4) is 5.75 Å². The first-order chi connectivity index (χ1) is 7.42. The minimum atomic E-state index is -4.84. The lowest BCUT2D eigenvalue weighted by molar-refractivity contribution is -0.274. The molecule has 0 radical (unpaired) electrons. The SMILES string of the molecule is O=CCCc1ccc(OC(F)(F)F)cc1F. The van der Waals surface area contributed by atoms with Crippen molar-refractivity contribution in [1.82, 2.24) is 0 Å². The number of hydrogen-bond acceptors (Lipinski definition) is 2. The molecular formula is C10H8F4O2. The minimum Gasteiger partial charge on any atom is -0.406 e. The maximum Gasteiger partial charge on any atom is 0.573 e. The maximum atomic E-state index is 13.2. The molecule has 0 saturated heterocycles. The van der Waals surface area contributed by atoms with Gasteiger partial charge in [0.2, 0.25) is 0 Å². The smallest absolute Gasteiger partial charge is 0.406 e. The summed E-state index contributed by atoms with van der Waals surface area (Å²) in [5.74, 6) is -1.43. The average Bonchev–Trinajstić information content (AvgIpc) is 2.14. The molecule has 0 N–H and O–H groups in total. The second-order valence-corrected chi connectivity index (χ2v) is 3.01. The van der Waals surface area contributed by atoms with Gasteiger partial charge < -0.3 is 9.53 Å². The van der Waals surface area contributed by atoms with Crippen molar-refractivity contribution in [2.75, 3.05) is 0 Å². The number of alkyl halides is 3. The summed E-state index contributed by atoms with van der Waals surface area (Å²) in [4.78, 5) is 10.0. The zero-order valence-corrected chi connectivity index (χ0v) is 8.05. The van der Waals surface area contributed by atoms with Crippen LogP contribution in [0.3, 0.4) is 0 Å². The van der Waals surface area contributed by atoms with Gasteiger partial charge in [0.05, 0.1) is 0 Å². The lowest BCUT2D eigenvalue weighted by Crippen LogP contribution is -2.17. The quantitative estimate of drug-likeness (QED) is 0.593. The summed E-state index contributed by atoms with van der Waals surface area (Å²) < 4.78 is 52.1. The van der Waals surface area contributed by atoms with Crippen LogP contribution in [-0.4, -0.2) is 12.6 Å². The Hall–Kier alpha value is -1.59. The van der Waals surface area contributed by atoms with Gasteiger partial charge in [0.1, 0.15) is 17.9 Å². The molecule has 2 nitrogen and oxygen atoms in total. The summed E-state index contributed by atoms with van der Waals surface area (Å²) in [7, 11) is 0. The second-order valence-electron chi connectivity index (χ2n) is 3.01. The molecule has 1 rings (SSSR count). The van der Waals surface area contributed by atoms with E-state index in [1.54, 1.807) is 0 Å². The van der Waals surface area contributed by atoms with Crippen LogP contribution >= 0.6 is 0 Å². The van der Waals surface area contributed by atoms with Crippen molar-refractivity contribution >= 4 is 6.29 Å². The molecule has 88 valence electrons. The van der Waals surface area contributed by atoms with Crippen LogP contribution in [0, 0.1) is 5.82 Å². The van der Waals surface area contributed by atoms with Gasteiger partial charge in [0, 0.05) is 12.5 Å². The molecule has 16 heavy (non-hydrogen) atoms. The molecule has 0 heterocycles. The van der Waals surface area contributed by atoms with E-state index in [2.05, 4.69) is 4.74 Å². The summed E-state index contributed by atoms with van der Waals surface area (Å²) in [5, 5.41) is 0. The Bertz CT molecular complexity index is 374. The molecule has 0 aromatic heterocycles. The van der Waals surface area contributed by atoms with E-state index < -0.39 is 17.9 Å². The third kappa shape index (κ3) is 3.88. The van der Waals surface area contributed by atoms with E-state index in [1.165, 1.54) is 6.07 Å². The summed E-state index contributed by atoms with van der Waals surface area (Å²) in [6.45, 7) is 0. The van der Waals surface area contributed by atoms with E-state index in [1.807, 2.05) is 0 Å². The van der Waals surface area contributed by atoms with E-state index in [9.17, 15) is 22.4 Å². The number of hydrogen-bond donors (Lipinski definition) is 0. The van der Waals surface area contributed by atoms with E-state index in [0.29, 0.717) is 12.4 Å². The van der Waals surface area contributed by atoms with Crippen LogP contribution in [0.2, 0.25) is 0 Å². The van der Waals surface area contributed by atoms with Gasteiger partial charge >= 0.3 is 6.36 Å². The van der Waals surface area contributed by atoms with Crippen molar-refractivity contribution in [2.24, 2.45) is 0 Å². The molecule has 1 aromatic rings. The lowest BCUT2D eigenvalue weighted by Gasteiger charge is -2.09. The van der Waals surface area contributed by atoms with Gasteiger partial charge in [-0.05, 0) is 18.1 Å². The van der Waals surface area contributed by atoms with Crippen LogP contribution in [0.4, 0.5) is 17.6 Å². The molecule has 0 aliphatic carbocycles. The predicted molar refractivity (Wildman–Crippen MR) is 47.5 cm³/mol. The van der Waals surface area contributed by atoms with Crippen LogP contribution in [-0.2, 0) is 11.2 Å². The van der Waals surface area contributed by atoms with Crippen LogP contribution in [0.15, 0.2) is 18.2 Å². The van der Waals surface area contributed by atoms with Crippen molar-refractivity contribution in [3.05, 3.63) is 29.6 Å². The summed E-state index contributed by atoms with van der Waals surface area (Å²) in [6.07, 6.45) is -3.95. The molecule has 6 heteroatoms. The lowest BCUT2D eigenvalue weighted by atomic mass is 10.1. The number of benzene rings is 1. The Labute approximate surface area is 88.8 Å². The molecule has 0 atom stereocenters. The number of aldehydes is 1. The standard InChI is InChI=1S/C10H8F4O2/c11-9-6-8(16-10(12,13)14)4-3-7(9)2-1-5-15/h3-6H,1-2H2. The third-order valence-electron chi connectivity index (χ3n) is 1.79. The van der Waals surface area contributed by atoms with E-state index in [-0.39, 0.29) is 18.4 Å². The summed E-state index contributed by atoms with van der Waals surface area (Å²) in [5.41, 5.74) is 0.182. The first-order valence-electron chi connectivity index (χ1n) is 4.40. The highest BCUT2D eigenvalue weighted by atomic mass is 19.4. The molecule has 1 aromatic carbocycles. The molecular weight excluding hydrogens is 228 g/mol. The van der Waals surface area contributed by atoms with Crippen LogP contribution in [0.25, 0.3) is 0 Å². The fourth-order valence-electron chi connectivity index (χ4n) is 1.14. The normalized spacial score (nSPS) is 11.2. The van der Waals surface area contributed by atoms with Gasteiger partial charge in [-0.3, -0.25) is 0 Å². The highest BCUT2D eigenvalue weighted by Crippen LogP contribution is 2.24. The summed E-state index contributed by atoms with van der Waals surface area (Å²) in [6, 6.07) is 2.82. The highest BCUT2D eigenvalue weighted by molar-refractivity contribution is 5.50. The van der Waals surface area contributed by atoms with Crippen molar-refractivity contribution in [3.63, 3.8) is 0 Å². The fraction of sp³-hybridized carbons (Fsp3) is 0.300. The number of halogens is 4. The zero-order chi connectivity index (χ0) is 12.2. The first kappa shape index (κ1) is 12.5. The van der Waals surface area contributed by atoms with Crippen LogP contribution in [0.5, 0.6) is 5.75 Å². The van der Waals surface area contributed by atoms with Gasteiger partial charge in [-0.2, -0.15) is 0 Å². The zero-order valence-electron chi connectivity index (χ0n) is 8.05. The van der Waals surface area contributed by atoms with E-state index >= 15 is 0 Å². The second kappa shape index (κ2) is 4.96. The largest absolute Gasteiger partial charge is 0.573 e. The molecule has 0 fully saturated rings. The van der Waals surface area contributed by atoms with Crippen LogP contribution < -0.4 is 4.74 Å². The van der Waals surface area contributed by atoms with Gasteiger partial charge in [-0.1, -0.05) is 6.07 Å². The number of rotatable bonds is 4. The Morgan fingerprint density at radius 2 is 2.00 bits per heavy atom. The summed E-state index contributed by atoms with van der Waals surface area (Å²) >= 11 is 0. The molecule has 0 amide bonds. The maximum absolute atomic E-state index is 13.2. The van der Waals surface area contributed by atoms with Crippen molar-refractivity contribution in [2.45, 2.75) is 19.2 Å². The Morgan fingerprint density at radius 3 is 2.50 bits per heavy atom. The number of aryl methyl sites for hydroxylation is 1. The molecule has 0 aliphatic heterocycles. The van der Waals surface area contributed by atoms with Crippen molar-refractivity contribution in [1.29, 1.82) is 0 Å². The fourth-order valence-corrected chi connectivity index (χ4v) is 1.14. The van der Waals surface area contributed by atoms with E-state index in [0.717, 1.165) is 6.07 Å².